The molecule has 76 valence electrons. The molecule has 0 aliphatic heterocycles. The fourth-order valence-corrected chi connectivity index (χ4v) is 1.12. The standard InChI is InChI=1S/C9H12N2O3/c1-6(2)11-5-10-4-7(9(11)14)3-8(12)13/h4-6H,3H2,1-2H3,(H,12,13). The van der Waals surface area contributed by atoms with Gasteiger partial charge in [-0.15, -0.1) is 0 Å². The molecule has 0 aliphatic carbocycles. The smallest absolute Gasteiger partial charge is 0.308 e. The maximum atomic E-state index is 11.6. The minimum Gasteiger partial charge on any atom is -0.481 e. The van der Waals surface area contributed by atoms with Crippen LogP contribution in [0, 0.1) is 0 Å². The van der Waals surface area contributed by atoms with Crippen LogP contribution in [0.4, 0.5) is 0 Å². The molecule has 14 heavy (non-hydrogen) atoms. The summed E-state index contributed by atoms with van der Waals surface area (Å²) < 4.78 is 1.41. The molecule has 0 unspecified atom stereocenters. The second kappa shape index (κ2) is 4.04. The molecule has 1 heterocycles. The lowest BCUT2D eigenvalue weighted by Gasteiger charge is -2.09. The van der Waals surface area contributed by atoms with E-state index in [-0.39, 0.29) is 23.6 Å². The Morgan fingerprint density at radius 1 is 1.64 bits per heavy atom. The number of carboxylic acid groups (broad SMARTS) is 1. The zero-order valence-electron chi connectivity index (χ0n) is 8.10. The highest BCUT2D eigenvalue weighted by atomic mass is 16.4. The van der Waals surface area contributed by atoms with E-state index >= 15 is 0 Å². The van der Waals surface area contributed by atoms with Crippen LogP contribution in [-0.2, 0) is 11.2 Å². The molecule has 0 aromatic carbocycles. The molecule has 1 aromatic rings. The number of hydrogen-bond donors (Lipinski definition) is 1. The molecule has 1 rings (SSSR count). The third kappa shape index (κ3) is 2.18. The average molecular weight is 196 g/mol. The molecule has 5 nitrogen and oxygen atoms in total. The molecular formula is C9H12N2O3. The van der Waals surface area contributed by atoms with Crippen molar-refractivity contribution in [3.05, 3.63) is 28.4 Å². The number of hydrogen-bond acceptors (Lipinski definition) is 3. The third-order valence-corrected chi connectivity index (χ3v) is 1.83. The Labute approximate surface area is 81.0 Å². The maximum Gasteiger partial charge on any atom is 0.308 e. The van der Waals surface area contributed by atoms with E-state index in [1.54, 1.807) is 0 Å². The number of aliphatic carboxylic acids is 1. The van der Waals surface area contributed by atoms with E-state index in [1.807, 2.05) is 13.8 Å². The van der Waals surface area contributed by atoms with Crippen molar-refractivity contribution in [2.75, 3.05) is 0 Å². The van der Waals surface area contributed by atoms with Gasteiger partial charge in [0.1, 0.15) is 0 Å². The molecule has 0 amide bonds. The molecule has 5 heteroatoms. The SMILES string of the molecule is CC(C)n1cncc(CC(=O)O)c1=O. The fraction of sp³-hybridized carbons (Fsp3) is 0.444. The molecule has 1 N–H and O–H groups in total. The summed E-state index contributed by atoms with van der Waals surface area (Å²) in [5.41, 5.74) is -0.0638. The van der Waals surface area contributed by atoms with E-state index < -0.39 is 5.97 Å². The molecule has 0 atom stereocenters. The summed E-state index contributed by atoms with van der Waals surface area (Å²) in [7, 11) is 0. The number of carbonyl (C=O) groups is 1. The predicted molar refractivity (Wildman–Crippen MR) is 50.2 cm³/mol. The Bertz CT molecular complexity index is 395. The summed E-state index contributed by atoms with van der Waals surface area (Å²) in [6.45, 7) is 3.68. The van der Waals surface area contributed by atoms with E-state index in [4.69, 9.17) is 5.11 Å². The fourth-order valence-electron chi connectivity index (χ4n) is 1.12. The Morgan fingerprint density at radius 3 is 2.79 bits per heavy atom. The van der Waals surface area contributed by atoms with Crippen molar-refractivity contribution < 1.29 is 9.90 Å². The Hall–Kier alpha value is -1.65. The first-order valence-corrected chi connectivity index (χ1v) is 4.29. The van der Waals surface area contributed by atoms with Gasteiger partial charge in [0.05, 0.1) is 12.7 Å². The van der Waals surface area contributed by atoms with Crippen LogP contribution in [-0.4, -0.2) is 20.6 Å². The zero-order chi connectivity index (χ0) is 10.7. The van der Waals surface area contributed by atoms with Gasteiger partial charge in [-0.25, -0.2) is 4.98 Å². The quantitative estimate of drug-likeness (QED) is 0.761. The number of aromatic nitrogens is 2. The van der Waals surface area contributed by atoms with Crippen LogP contribution in [0.3, 0.4) is 0 Å². The molecule has 0 bridgehead atoms. The van der Waals surface area contributed by atoms with Crippen LogP contribution in [0.2, 0.25) is 0 Å². The first-order valence-electron chi connectivity index (χ1n) is 4.29. The molecule has 0 aliphatic rings. The summed E-state index contributed by atoms with van der Waals surface area (Å²) in [5, 5.41) is 8.54. The van der Waals surface area contributed by atoms with Crippen molar-refractivity contribution in [1.82, 2.24) is 9.55 Å². The largest absolute Gasteiger partial charge is 0.481 e. The van der Waals surface area contributed by atoms with E-state index in [0.29, 0.717) is 0 Å². The molecule has 0 saturated heterocycles. The average Bonchev–Trinajstić information content (AvgIpc) is 2.07. The number of rotatable bonds is 3. The highest BCUT2D eigenvalue weighted by Gasteiger charge is 2.09. The van der Waals surface area contributed by atoms with Crippen LogP contribution < -0.4 is 5.56 Å². The van der Waals surface area contributed by atoms with Crippen LogP contribution in [0.15, 0.2) is 17.3 Å². The normalized spacial score (nSPS) is 10.5. The molecule has 1 aromatic heterocycles. The van der Waals surface area contributed by atoms with Crippen LogP contribution >= 0.6 is 0 Å². The summed E-state index contributed by atoms with van der Waals surface area (Å²) in [5.74, 6) is -1.02. The van der Waals surface area contributed by atoms with Gasteiger partial charge in [0.2, 0.25) is 0 Å². The highest BCUT2D eigenvalue weighted by Crippen LogP contribution is 1.99. The van der Waals surface area contributed by atoms with Crippen molar-refractivity contribution in [3.8, 4) is 0 Å². The van der Waals surface area contributed by atoms with Crippen molar-refractivity contribution in [2.45, 2.75) is 26.3 Å². The van der Waals surface area contributed by atoms with Gasteiger partial charge in [0.15, 0.2) is 0 Å². The lowest BCUT2D eigenvalue weighted by atomic mass is 10.2. The molecule has 0 saturated carbocycles. The summed E-state index contributed by atoms with van der Waals surface area (Å²) in [6, 6.07) is -0.0104. The summed E-state index contributed by atoms with van der Waals surface area (Å²) >= 11 is 0. The Balaban J connectivity index is 3.14. The number of nitrogens with zero attached hydrogens (tertiary/aromatic N) is 2. The summed E-state index contributed by atoms with van der Waals surface area (Å²) in [4.78, 5) is 25.9. The molecular weight excluding hydrogens is 184 g/mol. The summed E-state index contributed by atoms with van der Waals surface area (Å²) in [6.07, 6.45) is 2.44. The lowest BCUT2D eigenvalue weighted by molar-refractivity contribution is -0.136. The highest BCUT2D eigenvalue weighted by molar-refractivity contribution is 5.69. The number of carboxylic acids is 1. The Morgan fingerprint density at radius 2 is 2.29 bits per heavy atom. The zero-order valence-corrected chi connectivity index (χ0v) is 8.10. The lowest BCUT2D eigenvalue weighted by Crippen LogP contribution is -2.26. The van der Waals surface area contributed by atoms with Crippen molar-refractivity contribution in [3.63, 3.8) is 0 Å². The van der Waals surface area contributed by atoms with E-state index in [2.05, 4.69) is 4.98 Å². The minimum absolute atomic E-state index is 0.0104. The van der Waals surface area contributed by atoms with Crippen molar-refractivity contribution in [1.29, 1.82) is 0 Å². The van der Waals surface area contributed by atoms with Gasteiger partial charge in [0.25, 0.3) is 5.56 Å². The van der Waals surface area contributed by atoms with Gasteiger partial charge >= 0.3 is 5.97 Å². The van der Waals surface area contributed by atoms with Gasteiger partial charge in [-0.3, -0.25) is 14.2 Å². The minimum atomic E-state index is -1.02. The third-order valence-electron chi connectivity index (χ3n) is 1.83. The van der Waals surface area contributed by atoms with Crippen LogP contribution in [0.5, 0.6) is 0 Å². The second-order valence-corrected chi connectivity index (χ2v) is 3.30. The predicted octanol–water partition coefficient (Wildman–Crippen LogP) is 0.451. The van der Waals surface area contributed by atoms with Crippen molar-refractivity contribution >= 4 is 5.97 Å². The molecule has 0 fully saturated rings. The van der Waals surface area contributed by atoms with Gasteiger partial charge in [0, 0.05) is 17.8 Å². The van der Waals surface area contributed by atoms with E-state index in [0.717, 1.165) is 0 Å². The van der Waals surface area contributed by atoms with E-state index in [1.165, 1.54) is 17.1 Å². The van der Waals surface area contributed by atoms with Gasteiger partial charge < -0.3 is 5.11 Å². The van der Waals surface area contributed by atoms with Crippen LogP contribution in [0.25, 0.3) is 0 Å². The second-order valence-electron chi connectivity index (χ2n) is 3.30. The Kier molecular flexibility index (Phi) is 3.01. The van der Waals surface area contributed by atoms with E-state index in [9.17, 15) is 9.59 Å². The van der Waals surface area contributed by atoms with Crippen LogP contribution in [0.1, 0.15) is 25.5 Å². The monoisotopic (exact) mass is 196 g/mol. The molecule has 0 radical (unpaired) electrons. The van der Waals surface area contributed by atoms with Gasteiger partial charge in [-0.05, 0) is 13.8 Å². The first kappa shape index (κ1) is 10.4. The van der Waals surface area contributed by atoms with Gasteiger partial charge in [-0.1, -0.05) is 0 Å². The first-order chi connectivity index (χ1) is 6.52. The topological polar surface area (TPSA) is 72.2 Å². The van der Waals surface area contributed by atoms with Gasteiger partial charge in [-0.2, -0.15) is 0 Å². The van der Waals surface area contributed by atoms with Crippen molar-refractivity contribution in [2.24, 2.45) is 0 Å². The maximum absolute atomic E-state index is 11.6. The molecule has 0 spiro atoms.